The predicted molar refractivity (Wildman–Crippen MR) is 96.2 cm³/mol. The maximum atomic E-state index is 13.1. The van der Waals surface area contributed by atoms with Crippen molar-refractivity contribution in [2.24, 2.45) is 0 Å². The molecule has 0 aliphatic carbocycles. The summed E-state index contributed by atoms with van der Waals surface area (Å²) in [7, 11) is 0. The molecule has 3 atom stereocenters. The molecular weight excluding hydrogens is 360 g/mol. The zero-order chi connectivity index (χ0) is 17.6. The Hall–Kier alpha value is -1.61. The Morgan fingerprint density at radius 2 is 2.24 bits per heavy atom. The van der Waals surface area contributed by atoms with Crippen LogP contribution in [0, 0.1) is 0 Å². The molecule has 4 heterocycles. The fourth-order valence-electron chi connectivity index (χ4n) is 3.97. The number of thioether (sulfide) groups is 1. The molecular formula is C16H20N4O3S2. The largest absolute Gasteiger partial charge is 0.329 e. The van der Waals surface area contributed by atoms with Gasteiger partial charge in [-0.05, 0) is 26.2 Å². The zero-order valence-electron chi connectivity index (χ0n) is 13.9. The molecule has 0 saturated carbocycles. The van der Waals surface area contributed by atoms with Gasteiger partial charge in [0.1, 0.15) is 12.1 Å². The molecule has 3 saturated heterocycles. The summed E-state index contributed by atoms with van der Waals surface area (Å²) in [5, 5.41) is 5.13. The van der Waals surface area contributed by atoms with Gasteiger partial charge in [0.2, 0.25) is 17.7 Å². The Labute approximate surface area is 154 Å². The molecule has 134 valence electrons. The number of aromatic nitrogens is 1. The van der Waals surface area contributed by atoms with Gasteiger partial charge in [0.05, 0.1) is 4.87 Å². The van der Waals surface area contributed by atoms with Crippen molar-refractivity contribution in [1.82, 2.24) is 14.8 Å². The van der Waals surface area contributed by atoms with E-state index < -0.39 is 12.1 Å². The summed E-state index contributed by atoms with van der Waals surface area (Å²) in [6.45, 7) is 2.60. The molecule has 9 heteroatoms. The number of carbonyl (C=O) groups is 3. The molecule has 3 unspecified atom stereocenters. The second-order valence-corrected chi connectivity index (χ2v) is 9.18. The molecule has 4 rings (SSSR count). The van der Waals surface area contributed by atoms with Crippen molar-refractivity contribution >= 4 is 46.0 Å². The Morgan fingerprint density at radius 3 is 3.00 bits per heavy atom. The number of rotatable bonds is 3. The number of hydrogen-bond acceptors (Lipinski definition) is 6. The Kier molecular flexibility index (Phi) is 4.23. The van der Waals surface area contributed by atoms with Crippen LogP contribution in [0.25, 0.3) is 0 Å². The second kappa shape index (κ2) is 6.28. The van der Waals surface area contributed by atoms with Crippen molar-refractivity contribution in [2.75, 3.05) is 17.6 Å². The van der Waals surface area contributed by atoms with Crippen LogP contribution in [0.2, 0.25) is 0 Å². The molecule has 0 aromatic carbocycles. The lowest BCUT2D eigenvalue weighted by atomic mass is 10.1. The first-order chi connectivity index (χ1) is 12.0. The second-order valence-electron chi connectivity index (χ2n) is 6.78. The molecule has 1 N–H and O–H groups in total. The molecule has 1 aromatic rings. The van der Waals surface area contributed by atoms with Crippen LogP contribution in [-0.2, 0) is 14.4 Å². The summed E-state index contributed by atoms with van der Waals surface area (Å²) in [5.41, 5.74) is 0. The monoisotopic (exact) mass is 380 g/mol. The van der Waals surface area contributed by atoms with Gasteiger partial charge in [-0.3, -0.25) is 14.4 Å². The summed E-state index contributed by atoms with van der Waals surface area (Å²) in [4.78, 5) is 45.2. The first kappa shape index (κ1) is 16.8. The summed E-state index contributed by atoms with van der Waals surface area (Å²) in [5.74, 6) is 0.373. The van der Waals surface area contributed by atoms with Crippen LogP contribution in [0.3, 0.4) is 0 Å². The average Bonchev–Trinajstić information content (AvgIpc) is 3.33. The lowest BCUT2D eigenvalue weighted by Crippen LogP contribution is -2.54. The summed E-state index contributed by atoms with van der Waals surface area (Å²) >= 11 is 3.03. The van der Waals surface area contributed by atoms with Gasteiger partial charge in [0, 0.05) is 30.3 Å². The third kappa shape index (κ3) is 2.83. The molecule has 1 aromatic heterocycles. The normalized spacial score (nSPS) is 31.5. The van der Waals surface area contributed by atoms with E-state index in [9.17, 15) is 14.4 Å². The highest BCUT2D eigenvalue weighted by atomic mass is 32.2. The quantitative estimate of drug-likeness (QED) is 0.860. The molecule has 3 aliphatic rings. The van der Waals surface area contributed by atoms with E-state index >= 15 is 0 Å². The smallest absolute Gasteiger partial charge is 0.248 e. The Bertz CT molecular complexity index is 710. The van der Waals surface area contributed by atoms with Gasteiger partial charge in [-0.15, -0.1) is 23.1 Å². The van der Waals surface area contributed by atoms with Crippen molar-refractivity contribution in [1.29, 1.82) is 0 Å². The molecule has 3 aliphatic heterocycles. The van der Waals surface area contributed by atoms with E-state index in [2.05, 4.69) is 10.3 Å². The van der Waals surface area contributed by atoms with Crippen LogP contribution in [0.5, 0.6) is 0 Å². The van der Waals surface area contributed by atoms with Gasteiger partial charge in [-0.1, -0.05) is 0 Å². The summed E-state index contributed by atoms with van der Waals surface area (Å²) in [6, 6.07) is -0.927. The summed E-state index contributed by atoms with van der Waals surface area (Å²) < 4.78 is 0. The maximum absolute atomic E-state index is 13.1. The third-order valence-corrected chi connectivity index (χ3v) is 7.42. The summed E-state index contributed by atoms with van der Waals surface area (Å²) in [6.07, 6.45) is 4.36. The maximum Gasteiger partial charge on any atom is 0.248 e. The van der Waals surface area contributed by atoms with E-state index in [0.29, 0.717) is 30.3 Å². The van der Waals surface area contributed by atoms with E-state index in [-0.39, 0.29) is 22.6 Å². The number of nitrogens with one attached hydrogen (secondary N) is 1. The van der Waals surface area contributed by atoms with Crippen molar-refractivity contribution < 1.29 is 14.4 Å². The van der Waals surface area contributed by atoms with Gasteiger partial charge in [-0.25, -0.2) is 4.98 Å². The van der Waals surface area contributed by atoms with E-state index in [1.54, 1.807) is 33.1 Å². The Morgan fingerprint density at radius 1 is 1.40 bits per heavy atom. The van der Waals surface area contributed by atoms with Crippen LogP contribution >= 0.6 is 23.1 Å². The topological polar surface area (TPSA) is 82.6 Å². The van der Waals surface area contributed by atoms with Gasteiger partial charge < -0.3 is 15.1 Å². The van der Waals surface area contributed by atoms with E-state index in [4.69, 9.17) is 0 Å². The van der Waals surface area contributed by atoms with Crippen molar-refractivity contribution in [2.45, 2.75) is 49.6 Å². The number of fused-ring (bicyclic) bond motifs is 1. The number of nitrogens with zero attached hydrogens (tertiary/aromatic N) is 3. The fourth-order valence-corrected chi connectivity index (χ4v) is 5.93. The standard InChI is InChI=1S/C16H20N4O3S2/c1-16-5-4-12(21)20(16)11(9-25-16)14(23)19-7-2-3-10(19)13(22)18-15-17-6-8-24-15/h6,8,10-11H,2-5,7,9H2,1H3,(H,17,18,22). The van der Waals surface area contributed by atoms with Crippen LogP contribution in [0.1, 0.15) is 32.6 Å². The molecule has 3 fully saturated rings. The number of likely N-dealkylation sites (tertiary alicyclic amines) is 1. The van der Waals surface area contributed by atoms with Crippen LogP contribution in [-0.4, -0.2) is 61.8 Å². The van der Waals surface area contributed by atoms with Crippen molar-refractivity contribution in [3.05, 3.63) is 11.6 Å². The molecule has 3 amide bonds. The SMILES string of the molecule is CC12CCC(=O)N1C(C(=O)N1CCCC1C(=O)Nc1nccs1)CS2. The van der Waals surface area contributed by atoms with Crippen molar-refractivity contribution in [3.8, 4) is 0 Å². The molecule has 0 spiro atoms. The fraction of sp³-hybridized carbons (Fsp3) is 0.625. The number of hydrogen-bond donors (Lipinski definition) is 1. The van der Waals surface area contributed by atoms with Gasteiger partial charge in [0.25, 0.3) is 0 Å². The highest BCUT2D eigenvalue weighted by molar-refractivity contribution is 8.01. The number of thiazole rings is 1. The third-order valence-electron chi connectivity index (χ3n) is 5.23. The predicted octanol–water partition coefficient (Wildman–Crippen LogP) is 1.53. The molecule has 0 radical (unpaired) electrons. The molecule has 25 heavy (non-hydrogen) atoms. The van der Waals surface area contributed by atoms with Gasteiger partial charge in [-0.2, -0.15) is 0 Å². The molecule has 7 nitrogen and oxygen atoms in total. The average molecular weight is 380 g/mol. The number of carbonyl (C=O) groups excluding carboxylic acids is 3. The lowest BCUT2D eigenvalue weighted by molar-refractivity contribution is -0.145. The highest BCUT2D eigenvalue weighted by Gasteiger charge is 2.54. The Balaban J connectivity index is 1.49. The van der Waals surface area contributed by atoms with Crippen LogP contribution in [0.4, 0.5) is 5.13 Å². The minimum absolute atomic E-state index is 0.0498. The first-order valence-corrected chi connectivity index (χ1v) is 10.3. The zero-order valence-corrected chi connectivity index (χ0v) is 15.6. The first-order valence-electron chi connectivity index (χ1n) is 8.46. The van der Waals surface area contributed by atoms with Crippen molar-refractivity contribution in [3.63, 3.8) is 0 Å². The molecule has 0 bridgehead atoms. The highest BCUT2D eigenvalue weighted by Crippen LogP contribution is 2.47. The lowest BCUT2D eigenvalue weighted by Gasteiger charge is -2.33. The van der Waals surface area contributed by atoms with Crippen LogP contribution < -0.4 is 5.32 Å². The van der Waals surface area contributed by atoms with Crippen LogP contribution in [0.15, 0.2) is 11.6 Å². The number of anilines is 1. The minimum atomic E-state index is -0.481. The number of amides is 3. The van der Waals surface area contributed by atoms with E-state index in [1.807, 2.05) is 6.92 Å². The van der Waals surface area contributed by atoms with E-state index in [1.165, 1.54) is 11.3 Å². The minimum Gasteiger partial charge on any atom is -0.329 e. The van der Waals surface area contributed by atoms with Gasteiger partial charge in [0.15, 0.2) is 5.13 Å². The van der Waals surface area contributed by atoms with Gasteiger partial charge >= 0.3 is 0 Å². The van der Waals surface area contributed by atoms with E-state index in [0.717, 1.165) is 12.8 Å².